The van der Waals surface area contributed by atoms with Gasteiger partial charge in [-0.25, -0.2) is 4.98 Å². The molecule has 0 saturated heterocycles. The van der Waals surface area contributed by atoms with E-state index in [0.717, 1.165) is 12.8 Å². The Labute approximate surface area is 130 Å². The average Bonchev–Trinajstić information content (AvgIpc) is 2.78. The lowest BCUT2D eigenvalue weighted by Gasteiger charge is -2.07. The van der Waals surface area contributed by atoms with Crippen molar-refractivity contribution in [3.05, 3.63) is 10.6 Å². The summed E-state index contributed by atoms with van der Waals surface area (Å²) >= 11 is 1.24. The van der Waals surface area contributed by atoms with Crippen molar-refractivity contribution in [1.82, 2.24) is 9.88 Å². The Morgan fingerprint density at radius 3 is 2.48 bits per heavy atom. The number of hydrogen-bond donors (Lipinski definition) is 1. The van der Waals surface area contributed by atoms with Crippen LogP contribution in [0.3, 0.4) is 0 Å². The number of hydrogen-bond acceptors (Lipinski definition) is 4. The first kappa shape index (κ1) is 17.6. The van der Waals surface area contributed by atoms with Crippen LogP contribution in [0.2, 0.25) is 0 Å². The zero-order valence-electron chi connectivity index (χ0n) is 13.4. The summed E-state index contributed by atoms with van der Waals surface area (Å²) in [5.74, 6) is -0.103. The van der Waals surface area contributed by atoms with E-state index < -0.39 is 0 Å². The topological polar surface area (TPSA) is 62.3 Å². The molecule has 0 bridgehead atoms. The van der Waals surface area contributed by atoms with E-state index in [1.165, 1.54) is 35.5 Å². The Kier molecular flexibility index (Phi) is 7.36. The van der Waals surface area contributed by atoms with Gasteiger partial charge in [0.05, 0.1) is 5.69 Å². The van der Waals surface area contributed by atoms with Crippen molar-refractivity contribution in [2.75, 3.05) is 19.4 Å². The first-order chi connectivity index (χ1) is 9.95. The van der Waals surface area contributed by atoms with Gasteiger partial charge in [0.15, 0.2) is 5.13 Å². The molecule has 21 heavy (non-hydrogen) atoms. The fourth-order valence-corrected chi connectivity index (χ4v) is 2.93. The molecule has 0 aliphatic heterocycles. The molecule has 0 saturated carbocycles. The highest BCUT2D eigenvalue weighted by atomic mass is 32.1. The number of aryl methyl sites for hydroxylation is 1. The smallest absolute Gasteiger partial charge is 0.265 e. The molecule has 5 nitrogen and oxygen atoms in total. The van der Waals surface area contributed by atoms with Gasteiger partial charge >= 0.3 is 0 Å². The number of rotatable bonds is 8. The standard InChI is InChI=1S/C15H25N3O2S/c1-5-6-7-8-9-10-12(19)17-15-16-11(2)13(21-15)14(20)18(3)4/h5-10H2,1-4H3,(H,16,17,19). The van der Waals surface area contributed by atoms with Gasteiger partial charge in [0.25, 0.3) is 5.91 Å². The van der Waals surface area contributed by atoms with Crippen molar-refractivity contribution in [2.24, 2.45) is 0 Å². The SMILES string of the molecule is CCCCCCCC(=O)Nc1nc(C)c(C(=O)N(C)C)s1. The summed E-state index contributed by atoms with van der Waals surface area (Å²) in [7, 11) is 3.41. The summed E-state index contributed by atoms with van der Waals surface area (Å²) in [5, 5.41) is 3.30. The van der Waals surface area contributed by atoms with Gasteiger partial charge in [0.1, 0.15) is 4.88 Å². The number of amides is 2. The lowest BCUT2D eigenvalue weighted by atomic mass is 10.1. The van der Waals surface area contributed by atoms with Crippen molar-refractivity contribution in [3.8, 4) is 0 Å². The van der Waals surface area contributed by atoms with E-state index >= 15 is 0 Å². The molecule has 0 aliphatic rings. The quantitative estimate of drug-likeness (QED) is 0.748. The molecule has 1 aromatic rings. The molecule has 1 rings (SSSR count). The number of nitrogens with one attached hydrogen (secondary N) is 1. The largest absolute Gasteiger partial charge is 0.344 e. The number of carbonyl (C=O) groups is 2. The van der Waals surface area contributed by atoms with E-state index in [0.29, 0.717) is 22.1 Å². The van der Waals surface area contributed by atoms with Crippen LogP contribution in [0.5, 0.6) is 0 Å². The maximum Gasteiger partial charge on any atom is 0.265 e. The van der Waals surface area contributed by atoms with Gasteiger partial charge in [-0.15, -0.1) is 0 Å². The Balaban J connectivity index is 2.46. The Morgan fingerprint density at radius 2 is 1.86 bits per heavy atom. The zero-order valence-corrected chi connectivity index (χ0v) is 14.2. The molecule has 0 atom stereocenters. The summed E-state index contributed by atoms with van der Waals surface area (Å²) in [6.07, 6.45) is 6.11. The van der Waals surface area contributed by atoms with E-state index in [1.807, 2.05) is 0 Å². The summed E-state index contributed by atoms with van der Waals surface area (Å²) in [5.41, 5.74) is 0.664. The Morgan fingerprint density at radius 1 is 1.19 bits per heavy atom. The number of nitrogens with zero attached hydrogens (tertiary/aromatic N) is 2. The summed E-state index contributed by atoms with van der Waals surface area (Å²) in [4.78, 5) is 30.1. The van der Waals surface area contributed by atoms with Gasteiger partial charge in [-0.1, -0.05) is 43.9 Å². The summed E-state index contributed by atoms with van der Waals surface area (Å²) in [6, 6.07) is 0. The molecule has 1 N–H and O–H groups in total. The van der Waals surface area contributed by atoms with E-state index in [4.69, 9.17) is 0 Å². The minimum Gasteiger partial charge on any atom is -0.344 e. The van der Waals surface area contributed by atoms with Crippen molar-refractivity contribution < 1.29 is 9.59 Å². The molecule has 0 radical (unpaired) electrons. The number of carbonyl (C=O) groups excluding carboxylic acids is 2. The third-order valence-electron chi connectivity index (χ3n) is 3.15. The predicted octanol–water partition coefficient (Wildman–Crippen LogP) is 3.45. The van der Waals surface area contributed by atoms with Gasteiger partial charge in [0, 0.05) is 20.5 Å². The molecule has 1 heterocycles. The normalized spacial score (nSPS) is 10.5. The van der Waals surface area contributed by atoms with Crippen LogP contribution in [-0.2, 0) is 4.79 Å². The number of aromatic nitrogens is 1. The monoisotopic (exact) mass is 311 g/mol. The number of unbranched alkanes of at least 4 members (excludes halogenated alkanes) is 4. The maximum atomic E-state index is 11.9. The number of anilines is 1. The molecule has 0 unspecified atom stereocenters. The minimum atomic E-state index is -0.0786. The zero-order chi connectivity index (χ0) is 15.8. The van der Waals surface area contributed by atoms with Crippen LogP contribution in [-0.4, -0.2) is 35.8 Å². The first-order valence-electron chi connectivity index (χ1n) is 7.44. The molecule has 0 aromatic carbocycles. The van der Waals surface area contributed by atoms with Crippen molar-refractivity contribution in [3.63, 3.8) is 0 Å². The van der Waals surface area contributed by atoms with Crippen LogP contribution in [0.25, 0.3) is 0 Å². The van der Waals surface area contributed by atoms with Crippen molar-refractivity contribution in [2.45, 2.75) is 52.4 Å². The van der Waals surface area contributed by atoms with Gasteiger partial charge in [0.2, 0.25) is 5.91 Å². The van der Waals surface area contributed by atoms with Crippen LogP contribution in [0.15, 0.2) is 0 Å². The molecule has 2 amide bonds. The van der Waals surface area contributed by atoms with Crippen LogP contribution in [0, 0.1) is 6.92 Å². The van der Waals surface area contributed by atoms with E-state index in [-0.39, 0.29) is 11.8 Å². The van der Waals surface area contributed by atoms with Gasteiger partial charge in [-0.05, 0) is 13.3 Å². The Hall–Kier alpha value is -1.43. The molecule has 0 aliphatic carbocycles. The Bertz CT molecular complexity index is 483. The van der Waals surface area contributed by atoms with E-state index in [1.54, 1.807) is 21.0 Å². The van der Waals surface area contributed by atoms with Crippen LogP contribution in [0.1, 0.15) is 60.8 Å². The summed E-state index contributed by atoms with van der Waals surface area (Å²) < 4.78 is 0. The first-order valence-corrected chi connectivity index (χ1v) is 8.26. The van der Waals surface area contributed by atoms with Gasteiger partial charge < -0.3 is 10.2 Å². The van der Waals surface area contributed by atoms with Crippen LogP contribution < -0.4 is 5.32 Å². The molecule has 6 heteroatoms. The van der Waals surface area contributed by atoms with Gasteiger partial charge in [-0.3, -0.25) is 9.59 Å². The van der Waals surface area contributed by atoms with E-state index in [9.17, 15) is 9.59 Å². The summed E-state index contributed by atoms with van der Waals surface area (Å²) in [6.45, 7) is 3.96. The maximum absolute atomic E-state index is 11.9. The molecule has 1 aromatic heterocycles. The molecular weight excluding hydrogens is 286 g/mol. The fourth-order valence-electron chi connectivity index (χ4n) is 1.92. The van der Waals surface area contributed by atoms with Gasteiger partial charge in [-0.2, -0.15) is 0 Å². The minimum absolute atomic E-state index is 0.0240. The van der Waals surface area contributed by atoms with E-state index in [2.05, 4.69) is 17.2 Å². The third-order valence-corrected chi connectivity index (χ3v) is 4.21. The van der Waals surface area contributed by atoms with Crippen molar-refractivity contribution >= 4 is 28.3 Å². The van der Waals surface area contributed by atoms with Crippen molar-refractivity contribution in [1.29, 1.82) is 0 Å². The fraction of sp³-hybridized carbons (Fsp3) is 0.667. The highest BCUT2D eigenvalue weighted by Crippen LogP contribution is 2.23. The second-order valence-electron chi connectivity index (χ2n) is 5.35. The lowest BCUT2D eigenvalue weighted by Crippen LogP contribution is -2.21. The predicted molar refractivity (Wildman–Crippen MR) is 86.9 cm³/mol. The number of thiazole rings is 1. The average molecular weight is 311 g/mol. The van der Waals surface area contributed by atoms with Crippen LogP contribution >= 0.6 is 11.3 Å². The molecular formula is C15H25N3O2S. The third kappa shape index (κ3) is 5.83. The van der Waals surface area contributed by atoms with Crippen LogP contribution in [0.4, 0.5) is 5.13 Å². The second kappa shape index (κ2) is 8.77. The second-order valence-corrected chi connectivity index (χ2v) is 6.34. The lowest BCUT2D eigenvalue weighted by molar-refractivity contribution is -0.116. The highest BCUT2D eigenvalue weighted by Gasteiger charge is 2.17. The molecule has 0 fully saturated rings. The molecule has 0 spiro atoms. The highest BCUT2D eigenvalue weighted by molar-refractivity contribution is 7.17. The molecule has 118 valence electrons.